The summed E-state index contributed by atoms with van der Waals surface area (Å²) >= 11 is 3.33. The van der Waals surface area contributed by atoms with Gasteiger partial charge >= 0.3 is 0 Å². The van der Waals surface area contributed by atoms with Crippen molar-refractivity contribution < 1.29 is 13.2 Å². The standard InChI is InChI=1S/C22H16BrN3O4S/c23-16-12-10-15(11-13-16)14-20(27)24-26-22(28)19-9-5-4-8-18(19)21(25-26)31(29,30)17-6-2-1-3-7-17/h1-13H,14H2,(H,24,27). The van der Waals surface area contributed by atoms with Crippen molar-refractivity contribution in [1.29, 1.82) is 0 Å². The molecular weight excluding hydrogens is 482 g/mol. The highest BCUT2D eigenvalue weighted by Crippen LogP contribution is 2.24. The summed E-state index contributed by atoms with van der Waals surface area (Å²) in [5, 5.41) is 4.04. The van der Waals surface area contributed by atoms with Gasteiger partial charge in [-0.15, -0.1) is 9.89 Å². The lowest BCUT2D eigenvalue weighted by atomic mass is 10.1. The molecule has 0 saturated carbocycles. The molecule has 0 bridgehead atoms. The first-order chi connectivity index (χ1) is 14.9. The summed E-state index contributed by atoms with van der Waals surface area (Å²) in [6, 6.07) is 21.2. The molecule has 0 aliphatic rings. The number of carbonyl (C=O) groups excluding carboxylic acids is 1. The number of aromatic nitrogens is 2. The Kier molecular flexibility index (Phi) is 5.71. The van der Waals surface area contributed by atoms with Crippen molar-refractivity contribution in [3.8, 4) is 0 Å². The number of nitrogens with zero attached hydrogens (tertiary/aromatic N) is 2. The third-order valence-corrected chi connectivity index (χ3v) is 6.82. The molecule has 31 heavy (non-hydrogen) atoms. The molecule has 0 aliphatic heterocycles. The summed E-state index contributed by atoms with van der Waals surface area (Å²) in [7, 11) is -4.03. The molecule has 0 unspecified atom stereocenters. The summed E-state index contributed by atoms with van der Waals surface area (Å²) in [5.41, 5.74) is 2.52. The van der Waals surface area contributed by atoms with Gasteiger partial charge in [-0.05, 0) is 35.9 Å². The van der Waals surface area contributed by atoms with E-state index in [1.807, 2.05) is 0 Å². The fourth-order valence-electron chi connectivity index (χ4n) is 3.09. The molecule has 7 nitrogen and oxygen atoms in total. The van der Waals surface area contributed by atoms with E-state index in [1.165, 1.54) is 24.3 Å². The number of halogens is 1. The number of nitrogens with one attached hydrogen (secondary N) is 1. The highest BCUT2D eigenvalue weighted by molar-refractivity contribution is 9.10. The van der Waals surface area contributed by atoms with E-state index in [0.717, 1.165) is 10.0 Å². The monoisotopic (exact) mass is 497 g/mol. The molecule has 0 radical (unpaired) electrons. The number of amides is 1. The van der Waals surface area contributed by atoms with Gasteiger partial charge in [-0.3, -0.25) is 9.59 Å². The predicted molar refractivity (Wildman–Crippen MR) is 120 cm³/mol. The molecule has 156 valence electrons. The molecule has 0 saturated heterocycles. The number of hydrogen-bond donors (Lipinski definition) is 1. The van der Waals surface area contributed by atoms with E-state index in [9.17, 15) is 18.0 Å². The van der Waals surface area contributed by atoms with E-state index in [4.69, 9.17) is 0 Å². The van der Waals surface area contributed by atoms with Gasteiger partial charge in [0, 0.05) is 9.86 Å². The fourth-order valence-corrected chi connectivity index (χ4v) is 4.75. The summed E-state index contributed by atoms with van der Waals surface area (Å²) < 4.78 is 27.3. The Bertz CT molecular complexity index is 1430. The number of sulfone groups is 1. The van der Waals surface area contributed by atoms with Crippen LogP contribution in [0.1, 0.15) is 5.56 Å². The van der Waals surface area contributed by atoms with Gasteiger partial charge in [0.05, 0.1) is 16.7 Å². The molecule has 1 amide bonds. The van der Waals surface area contributed by atoms with E-state index in [0.29, 0.717) is 4.79 Å². The van der Waals surface area contributed by atoms with Gasteiger partial charge in [0.25, 0.3) is 5.56 Å². The third kappa shape index (κ3) is 4.28. The molecule has 9 heteroatoms. The number of carbonyl (C=O) groups is 1. The SMILES string of the molecule is O=C(Cc1ccc(Br)cc1)Nn1nc(S(=O)(=O)c2ccccc2)c2ccccc2c1=O. The zero-order valence-corrected chi connectivity index (χ0v) is 18.4. The van der Waals surface area contributed by atoms with Gasteiger partial charge in [0.15, 0.2) is 5.03 Å². The Morgan fingerprint density at radius 3 is 2.19 bits per heavy atom. The Balaban J connectivity index is 1.78. The van der Waals surface area contributed by atoms with Crippen LogP contribution in [0.2, 0.25) is 0 Å². The van der Waals surface area contributed by atoms with Crippen LogP contribution in [0.5, 0.6) is 0 Å². The van der Waals surface area contributed by atoms with E-state index in [-0.39, 0.29) is 27.1 Å². The summed E-state index contributed by atoms with van der Waals surface area (Å²) in [4.78, 5) is 26.1. The van der Waals surface area contributed by atoms with Crippen LogP contribution in [0.4, 0.5) is 0 Å². The van der Waals surface area contributed by atoms with Crippen molar-refractivity contribution in [3.05, 3.63) is 99.3 Å². The molecule has 3 aromatic carbocycles. The molecular formula is C22H16BrN3O4S. The zero-order valence-electron chi connectivity index (χ0n) is 16.0. The summed E-state index contributed by atoms with van der Waals surface area (Å²) in [5.74, 6) is -0.504. The van der Waals surface area contributed by atoms with Crippen molar-refractivity contribution in [2.75, 3.05) is 5.43 Å². The second kappa shape index (κ2) is 8.44. The number of hydrogen-bond acceptors (Lipinski definition) is 5. The first-order valence-electron chi connectivity index (χ1n) is 9.23. The number of rotatable bonds is 5. The maximum absolute atomic E-state index is 13.2. The molecule has 1 aromatic heterocycles. The highest BCUT2D eigenvalue weighted by atomic mass is 79.9. The fraction of sp³-hybridized carbons (Fsp3) is 0.0455. The van der Waals surface area contributed by atoms with Crippen LogP contribution >= 0.6 is 15.9 Å². The molecule has 0 atom stereocenters. The maximum atomic E-state index is 13.2. The minimum atomic E-state index is -4.03. The van der Waals surface area contributed by atoms with Crippen LogP contribution in [-0.4, -0.2) is 24.2 Å². The van der Waals surface area contributed by atoms with Crippen LogP contribution < -0.4 is 11.0 Å². The Morgan fingerprint density at radius 1 is 0.903 bits per heavy atom. The lowest BCUT2D eigenvalue weighted by molar-refractivity contribution is -0.116. The van der Waals surface area contributed by atoms with Crippen LogP contribution in [-0.2, 0) is 21.1 Å². The van der Waals surface area contributed by atoms with Gasteiger partial charge in [-0.1, -0.05) is 64.5 Å². The number of benzene rings is 3. The van der Waals surface area contributed by atoms with Crippen molar-refractivity contribution in [2.45, 2.75) is 16.3 Å². The average molecular weight is 498 g/mol. The molecule has 0 fully saturated rings. The van der Waals surface area contributed by atoms with E-state index >= 15 is 0 Å². The molecule has 4 aromatic rings. The van der Waals surface area contributed by atoms with Gasteiger partial charge in [0.2, 0.25) is 15.7 Å². The van der Waals surface area contributed by atoms with Crippen LogP contribution in [0.15, 0.2) is 98.1 Å². The maximum Gasteiger partial charge on any atom is 0.294 e. The third-order valence-electron chi connectivity index (χ3n) is 4.59. The van der Waals surface area contributed by atoms with Gasteiger partial charge in [0.1, 0.15) is 0 Å². The molecule has 4 rings (SSSR count). The van der Waals surface area contributed by atoms with E-state index in [1.54, 1.807) is 54.6 Å². The quantitative estimate of drug-likeness (QED) is 0.456. The van der Waals surface area contributed by atoms with Crippen molar-refractivity contribution in [1.82, 2.24) is 9.89 Å². The minimum absolute atomic E-state index is 0.00496. The second-order valence-corrected chi connectivity index (χ2v) is 9.50. The van der Waals surface area contributed by atoms with Gasteiger partial charge in [-0.2, -0.15) is 0 Å². The molecule has 1 N–H and O–H groups in total. The largest absolute Gasteiger partial charge is 0.294 e. The van der Waals surface area contributed by atoms with E-state index < -0.39 is 21.3 Å². The van der Waals surface area contributed by atoms with Crippen molar-refractivity contribution in [2.24, 2.45) is 0 Å². The minimum Gasteiger partial charge on any atom is -0.273 e. The Labute approximate surface area is 186 Å². The van der Waals surface area contributed by atoms with E-state index in [2.05, 4.69) is 26.5 Å². The number of fused-ring (bicyclic) bond motifs is 1. The Hall–Kier alpha value is -3.30. The smallest absolute Gasteiger partial charge is 0.273 e. The average Bonchev–Trinajstić information content (AvgIpc) is 2.78. The van der Waals surface area contributed by atoms with Crippen LogP contribution in [0.3, 0.4) is 0 Å². The lowest BCUT2D eigenvalue weighted by Crippen LogP contribution is -2.37. The zero-order chi connectivity index (χ0) is 22.0. The van der Waals surface area contributed by atoms with Gasteiger partial charge < -0.3 is 0 Å². The van der Waals surface area contributed by atoms with Gasteiger partial charge in [-0.25, -0.2) is 13.8 Å². The topological polar surface area (TPSA) is 98.1 Å². The highest BCUT2D eigenvalue weighted by Gasteiger charge is 2.25. The first kappa shape index (κ1) is 21.0. The second-order valence-electron chi connectivity index (χ2n) is 6.72. The van der Waals surface area contributed by atoms with Crippen molar-refractivity contribution in [3.63, 3.8) is 0 Å². The van der Waals surface area contributed by atoms with Crippen LogP contribution in [0, 0.1) is 0 Å². The first-order valence-corrected chi connectivity index (χ1v) is 11.5. The summed E-state index contributed by atoms with van der Waals surface area (Å²) in [6.45, 7) is 0. The molecule has 0 aliphatic carbocycles. The normalized spacial score (nSPS) is 11.4. The van der Waals surface area contributed by atoms with Crippen molar-refractivity contribution >= 4 is 42.4 Å². The molecule has 1 heterocycles. The van der Waals surface area contributed by atoms with Crippen LogP contribution in [0.25, 0.3) is 10.8 Å². The summed E-state index contributed by atoms with van der Waals surface area (Å²) in [6.07, 6.45) is -0.00496. The lowest BCUT2D eigenvalue weighted by Gasteiger charge is -2.12. The molecule has 0 spiro atoms. The predicted octanol–water partition coefficient (Wildman–Crippen LogP) is 3.30. The Morgan fingerprint density at radius 2 is 1.52 bits per heavy atom.